The van der Waals surface area contributed by atoms with Crippen molar-refractivity contribution in [3.8, 4) is 0 Å². The minimum Gasteiger partial charge on any atom is -0.383 e. The van der Waals surface area contributed by atoms with Crippen LogP contribution in [-0.4, -0.2) is 63.3 Å². The second-order valence-electron chi connectivity index (χ2n) is 4.96. The molecule has 106 valence electrons. The van der Waals surface area contributed by atoms with Crippen LogP contribution in [0.15, 0.2) is 0 Å². The number of rotatable bonds is 8. The average Bonchev–Trinajstić information content (AvgIpc) is 2.84. The molecule has 0 bridgehead atoms. The van der Waals surface area contributed by atoms with Crippen molar-refractivity contribution in [2.75, 3.05) is 46.4 Å². The van der Waals surface area contributed by atoms with Crippen molar-refractivity contribution in [2.45, 2.75) is 26.3 Å². The van der Waals surface area contributed by atoms with Crippen LogP contribution in [0.5, 0.6) is 0 Å². The smallest absolute Gasteiger partial charge is 0.236 e. The van der Waals surface area contributed by atoms with Crippen LogP contribution < -0.4 is 10.6 Å². The molecule has 0 aromatic heterocycles. The van der Waals surface area contributed by atoms with Crippen LogP contribution in [0.3, 0.4) is 0 Å². The summed E-state index contributed by atoms with van der Waals surface area (Å²) in [6.45, 7) is 9.65. The van der Waals surface area contributed by atoms with Gasteiger partial charge in [-0.25, -0.2) is 0 Å². The summed E-state index contributed by atoms with van der Waals surface area (Å²) in [6, 6.07) is -0.127. The first-order valence-corrected chi connectivity index (χ1v) is 6.89. The van der Waals surface area contributed by atoms with E-state index in [-0.39, 0.29) is 11.9 Å². The highest BCUT2D eigenvalue weighted by Crippen LogP contribution is 2.14. The quantitative estimate of drug-likeness (QED) is 0.604. The van der Waals surface area contributed by atoms with Gasteiger partial charge in [0.05, 0.1) is 12.6 Å². The van der Waals surface area contributed by atoms with Crippen LogP contribution in [0.4, 0.5) is 0 Å². The van der Waals surface area contributed by atoms with Gasteiger partial charge in [0.15, 0.2) is 0 Å². The van der Waals surface area contributed by atoms with Gasteiger partial charge in [0, 0.05) is 20.2 Å². The monoisotopic (exact) mass is 257 g/mol. The maximum Gasteiger partial charge on any atom is 0.236 e. The molecule has 0 radical (unpaired) electrons. The van der Waals surface area contributed by atoms with E-state index in [1.807, 2.05) is 6.92 Å². The molecule has 0 aromatic carbocycles. The van der Waals surface area contributed by atoms with Crippen LogP contribution in [0, 0.1) is 5.92 Å². The first-order chi connectivity index (χ1) is 8.67. The van der Waals surface area contributed by atoms with Gasteiger partial charge in [0.1, 0.15) is 0 Å². The molecular weight excluding hydrogens is 230 g/mol. The van der Waals surface area contributed by atoms with Crippen LogP contribution in [0.1, 0.15) is 20.3 Å². The predicted octanol–water partition coefficient (Wildman–Crippen LogP) is 0.0689. The van der Waals surface area contributed by atoms with E-state index in [1.54, 1.807) is 7.11 Å². The average molecular weight is 257 g/mol. The van der Waals surface area contributed by atoms with Crippen molar-refractivity contribution in [1.82, 2.24) is 15.5 Å². The fourth-order valence-corrected chi connectivity index (χ4v) is 2.23. The van der Waals surface area contributed by atoms with Gasteiger partial charge in [-0.05, 0) is 38.9 Å². The van der Waals surface area contributed by atoms with Gasteiger partial charge in [-0.2, -0.15) is 0 Å². The maximum atomic E-state index is 11.7. The zero-order valence-corrected chi connectivity index (χ0v) is 11.9. The van der Waals surface area contributed by atoms with E-state index in [1.165, 1.54) is 13.0 Å². The molecule has 18 heavy (non-hydrogen) atoms. The van der Waals surface area contributed by atoms with Crippen LogP contribution in [0.25, 0.3) is 0 Å². The number of carbonyl (C=O) groups excluding carboxylic acids is 1. The molecule has 5 heteroatoms. The lowest BCUT2D eigenvalue weighted by atomic mass is 10.1. The molecule has 0 saturated carbocycles. The van der Waals surface area contributed by atoms with Crippen LogP contribution in [-0.2, 0) is 9.53 Å². The molecule has 5 nitrogen and oxygen atoms in total. The SMILES string of the molecule is CCN1CCC(CNC(C)C(=O)NCCOC)C1. The van der Waals surface area contributed by atoms with Gasteiger partial charge in [0.25, 0.3) is 0 Å². The van der Waals surface area contributed by atoms with E-state index in [0.717, 1.165) is 19.6 Å². The highest BCUT2D eigenvalue weighted by molar-refractivity contribution is 5.81. The molecule has 0 aliphatic carbocycles. The molecule has 1 fully saturated rings. The summed E-state index contributed by atoms with van der Waals surface area (Å²) in [6.07, 6.45) is 1.23. The Balaban J connectivity index is 2.12. The second kappa shape index (κ2) is 8.45. The molecule has 1 rings (SSSR count). The number of likely N-dealkylation sites (tertiary alicyclic amines) is 1. The number of carbonyl (C=O) groups is 1. The van der Waals surface area contributed by atoms with Gasteiger partial charge in [-0.1, -0.05) is 6.92 Å². The van der Waals surface area contributed by atoms with Crippen molar-refractivity contribution >= 4 is 5.91 Å². The first-order valence-electron chi connectivity index (χ1n) is 6.89. The number of methoxy groups -OCH3 is 1. The number of hydrogen-bond donors (Lipinski definition) is 2. The van der Waals surface area contributed by atoms with Crippen molar-refractivity contribution in [1.29, 1.82) is 0 Å². The minimum absolute atomic E-state index is 0.0531. The molecule has 1 saturated heterocycles. The fourth-order valence-electron chi connectivity index (χ4n) is 2.23. The normalized spacial score (nSPS) is 22.1. The van der Waals surface area contributed by atoms with Crippen LogP contribution >= 0.6 is 0 Å². The lowest BCUT2D eigenvalue weighted by Crippen LogP contribution is -2.44. The highest BCUT2D eigenvalue weighted by atomic mass is 16.5. The predicted molar refractivity (Wildman–Crippen MR) is 72.6 cm³/mol. The summed E-state index contributed by atoms with van der Waals surface area (Å²) in [5, 5.41) is 6.16. The molecule has 1 aliphatic rings. The Bertz CT molecular complexity index is 248. The third-order valence-electron chi connectivity index (χ3n) is 3.53. The maximum absolute atomic E-state index is 11.7. The molecule has 0 aromatic rings. The number of nitrogens with one attached hydrogen (secondary N) is 2. The van der Waals surface area contributed by atoms with E-state index < -0.39 is 0 Å². The summed E-state index contributed by atoms with van der Waals surface area (Å²) in [5.41, 5.74) is 0. The van der Waals surface area contributed by atoms with E-state index >= 15 is 0 Å². The van der Waals surface area contributed by atoms with Crippen molar-refractivity contribution < 1.29 is 9.53 Å². The fraction of sp³-hybridized carbons (Fsp3) is 0.923. The van der Waals surface area contributed by atoms with Gasteiger partial charge in [-0.15, -0.1) is 0 Å². The molecule has 1 amide bonds. The Morgan fingerprint density at radius 3 is 2.94 bits per heavy atom. The highest BCUT2D eigenvalue weighted by Gasteiger charge is 2.22. The van der Waals surface area contributed by atoms with E-state index in [0.29, 0.717) is 19.1 Å². The Hall–Kier alpha value is -0.650. The number of ether oxygens (including phenoxy) is 1. The molecular formula is C13H27N3O2. The third kappa shape index (κ3) is 5.33. The molecule has 2 unspecified atom stereocenters. The Morgan fingerprint density at radius 1 is 1.56 bits per heavy atom. The van der Waals surface area contributed by atoms with Gasteiger partial charge in [0.2, 0.25) is 5.91 Å². The zero-order valence-electron chi connectivity index (χ0n) is 11.9. The Labute approximate surface area is 110 Å². The van der Waals surface area contributed by atoms with Crippen molar-refractivity contribution in [3.63, 3.8) is 0 Å². The van der Waals surface area contributed by atoms with Crippen LogP contribution in [0.2, 0.25) is 0 Å². The molecule has 1 aliphatic heterocycles. The largest absolute Gasteiger partial charge is 0.383 e. The zero-order chi connectivity index (χ0) is 13.4. The summed E-state index contributed by atoms with van der Waals surface area (Å²) in [5.74, 6) is 0.733. The van der Waals surface area contributed by atoms with Crippen molar-refractivity contribution in [3.05, 3.63) is 0 Å². The molecule has 2 atom stereocenters. The van der Waals surface area contributed by atoms with Crippen molar-refractivity contribution in [2.24, 2.45) is 5.92 Å². The Morgan fingerprint density at radius 2 is 2.33 bits per heavy atom. The summed E-state index contributed by atoms with van der Waals surface area (Å²) < 4.78 is 4.90. The molecule has 1 heterocycles. The van der Waals surface area contributed by atoms with Gasteiger partial charge >= 0.3 is 0 Å². The number of nitrogens with zero attached hydrogens (tertiary/aromatic N) is 1. The second-order valence-corrected chi connectivity index (χ2v) is 4.96. The third-order valence-corrected chi connectivity index (χ3v) is 3.53. The molecule has 2 N–H and O–H groups in total. The summed E-state index contributed by atoms with van der Waals surface area (Å²) in [7, 11) is 1.63. The van der Waals surface area contributed by atoms with Gasteiger partial charge < -0.3 is 20.3 Å². The number of hydrogen-bond acceptors (Lipinski definition) is 4. The summed E-state index contributed by atoms with van der Waals surface area (Å²) in [4.78, 5) is 14.2. The van der Waals surface area contributed by atoms with E-state index in [4.69, 9.17) is 4.74 Å². The lowest BCUT2D eigenvalue weighted by molar-refractivity contribution is -0.122. The van der Waals surface area contributed by atoms with E-state index in [2.05, 4.69) is 22.5 Å². The van der Waals surface area contributed by atoms with Gasteiger partial charge in [-0.3, -0.25) is 4.79 Å². The number of amides is 1. The molecule has 0 spiro atoms. The standard InChI is InChI=1S/C13H27N3O2/c1-4-16-7-5-12(10-16)9-15-11(2)13(17)14-6-8-18-3/h11-12,15H,4-10H2,1-3H3,(H,14,17). The lowest BCUT2D eigenvalue weighted by Gasteiger charge is -2.17. The first kappa shape index (κ1) is 15.4. The minimum atomic E-state index is -0.127. The summed E-state index contributed by atoms with van der Waals surface area (Å²) >= 11 is 0. The van der Waals surface area contributed by atoms with E-state index in [9.17, 15) is 4.79 Å². The topological polar surface area (TPSA) is 53.6 Å². The Kier molecular flexibility index (Phi) is 7.23.